The smallest absolute Gasteiger partial charge is 0.251 e. The number of amides is 1. The molecule has 1 atom stereocenters. The van der Waals surface area contributed by atoms with Gasteiger partial charge in [-0.1, -0.05) is 13.3 Å². The van der Waals surface area contributed by atoms with E-state index in [1.807, 2.05) is 0 Å². The Labute approximate surface area is 135 Å². The normalized spacial score (nSPS) is 17.4. The maximum Gasteiger partial charge on any atom is 0.251 e. The quantitative estimate of drug-likeness (QED) is 0.800. The Morgan fingerprint density at radius 2 is 2.10 bits per heavy atom. The minimum Gasteiger partial charge on any atom is -0.398 e. The molecule has 1 amide bonds. The Bertz CT molecular complexity index is 486. The number of carbonyl (C=O) groups is 1. The van der Waals surface area contributed by atoms with E-state index in [0.717, 1.165) is 11.0 Å². The van der Waals surface area contributed by atoms with Crippen LogP contribution in [0.25, 0.3) is 0 Å². The van der Waals surface area contributed by atoms with E-state index < -0.39 is 0 Å². The van der Waals surface area contributed by atoms with Crippen molar-refractivity contribution >= 4 is 27.5 Å². The first-order chi connectivity index (χ1) is 10.1. The summed E-state index contributed by atoms with van der Waals surface area (Å²) in [5, 5.41) is 3.00. The number of nitrogens with one attached hydrogen (secondary N) is 1. The van der Waals surface area contributed by atoms with Gasteiger partial charge in [-0.25, -0.2) is 0 Å². The number of nitrogens with zero attached hydrogens (tertiary/aromatic N) is 1. The Morgan fingerprint density at radius 3 is 2.76 bits per heavy atom. The van der Waals surface area contributed by atoms with Gasteiger partial charge < -0.3 is 16.0 Å². The molecule has 1 aliphatic rings. The molecule has 1 aliphatic heterocycles. The summed E-state index contributed by atoms with van der Waals surface area (Å²) in [6.45, 7) is 6.34. The van der Waals surface area contributed by atoms with Crippen LogP contribution in [0.4, 0.5) is 5.69 Å². The van der Waals surface area contributed by atoms with Crippen molar-refractivity contribution in [2.24, 2.45) is 5.92 Å². The Kier molecular flexibility index (Phi) is 6.06. The van der Waals surface area contributed by atoms with E-state index >= 15 is 0 Å². The van der Waals surface area contributed by atoms with Crippen molar-refractivity contribution in [3.05, 3.63) is 28.2 Å². The summed E-state index contributed by atoms with van der Waals surface area (Å²) in [6, 6.07) is 5.29. The van der Waals surface area contributed by atoms with Crippen LogP contribution in [0.5, 0.6) is 0 Å². The molecule has 2 rings (SSSR count). The van der Waals surface area contributed by atoms with Gasteiger partial charge in [0.05, 0.1) is 0 Å². The van der Waals surface area contributed by atoms with Crippen LogP contribution in [0.1, 0.15) is 36.5 Å². The molecule has 0 saturated carbocycles. The molecule has 3 N–H and O–H groups in total. The van der Waals surface area contributed by atoms with E-state index in [1.54, 1.807) is 18.2 Å². The molecule has 5 heteroatoms. The minimum absolute atomic E-state index is 0.0558. The molecular formula is C16H24BrN3O. The summed E-state index contributed by atoms with van der Waals surface area (Å²) in [5.74, 6) is 0.402. The monoisotopic (exact) mass is 353 g/mol. The Hall–Kier alpha value is -1.07. The average Bonchev–Trinajstić information content (AvgIpc) is 2.48. The second kappa shape index (κ2) is 7.80. The number of anilines is 1. The highest BCUT2D eigenvalue weighted by Crippen LogP contribution is 2.20. The lowest BCUT2D eigenvalue weighted by molar-refractivity contribution is 0.0942. The molecule has 4 nitrogen and oxygen atoms in total. The van der Waals surface area contributed by atoms with Gasteiger partial charge in [-0.3, -0.25) is 4.79 Å². The van der Waals surface area contributed by atoms with Gasteiger partial charge >= 0.3 is 0 Å². The number of nitrogen functional groups attached to an aromatic ring is 1. The first-order valence-electron chi connectivity index (χ1n) is 7.62. The van der Waals surface area contributed by atoms with Crippen LogP contribution in [0.2, 0.25) is 0 Å². The highest BCUT2D eigenvalue weighted by atomic mass is 79.9. The average molecular weight is 354 g/mol. The molecular weight excluding hydrogens is 330 g/mol. The molecule has 0 bridgehead atoms. The van der Waals surface area contributed by atoms with E-state index in [4.69, 9.17) is 5.73 Å². The maximum absolute atomic E-state index is 12.1. The molecule has 1 heterocycles. The highest BCUT2D eigenvalue weighted by Gasteiger charge is 2.14. The topological polar surface area (TPSA) is 58.4 Å². The molecule has 1 aromatic carbocycles. The fourth-order valence-corrected chi connectivity index (χ4v) is 2.95. The lowest BCUT2D eigenvalue weighted by Crippen LogP contribution is -2.38. The van der Waals surface area contributed by atoms with Crippen molar-refractivity contribution < 1.29 is 4.79 Å². The van der Waals surface area contributed by atoms with E-state index in [2.05, 4.69) is 33.1 Å². The van der Waals surface area contributed by atoms with Gasteiger partial charge in [0.15, 0.2) is 0 Å². The number of piperidine rings is 1. The summed E-state index contributed by atoms with van der Waals surface area (Å²) in [5.41, 5.74) is 7.00. The molecule has 0 aliphatic carbocycles. The van der Waals surface area contributed by atoms with Gasteiger partial charge in [-0.15, -0.1) is 0 Å². The van der Waals surface area contributed by atoms with Crippen LogP contribution in [0, 0.1) is 5.92 Å². The van der Waals surface area contributed by atoms with Crippen molar-refractivity contribution in [3.8, 4) is 0 Å². The SMILES string of the molecule is CC(CNC(=O)c1ccc(Br)c(N)c1)CN1CCCCC1. The number of hydrogen-bond acceptors (Lipinski definition) is 3. The molecule has 21 heavy (non-hydrogen) atoms. The number of nitrogens with two attached hydrogens (primary N) is 1. The number of hydrogen-bond donors (Lipinski definition) is 2. The summed E-state index contributed by atoms with van der Waals surface area (Å²) < 4.78 is 0.817. The van der Waals surface area contributed by atoms with Gasteiger partial charge in [0, 0.05) is 28.8 Å². The second-order valence-corrected chi connectivity index (χ2v) is 6.77. The van der Waals surface area contributed by atoms with E-state index in [9.17, 15) is 4.79 Å². The zero-order valence-electron chi connectivity index (χ0n) is 12.6. The van der Waals surface area contributed by atoms with Gasteiger partial charge in [-0.2, -0.15) is 0 Å². The molecule has 0 radical (unpaired) electrons. The largest absolute Gasteiger partial charge is 0.398 e. The van der Waals surface area contributed by atoms with Crippen LogP contribution < -0.4 is 11.1 Å². The molecule has 1 aromatic rings. The van der Waals surface area contributed by atoms with Crippen LogP contribution in [-0.4, -0.2) is 37.0 Å². The third-order valence-electron chi connectivity index (χ3n) is 3.89. The van der Waals surface area contributed by atoms with Crippen LogP contribution >= 0.6 is 15.9 Å². The molecule has 1 unspecified atom stereocenters. The summed E-state index contributed by atoms with van der Waals surface area (Å²) in [6.07, 6.45) is 3.96. The summed E-state index contributed by atoms with van der Waals surface area (Å²) >= 11 is 3.33. The van der Waals surface area contributed by atoms with Crippen molar-refractivity contribution in [2.75, 3.05) is 31.9 Å². The van der Waals surface area contributed by atoms with Crippen molar-refractivity contribution in [1.29, 1.82) is 0 Å². The van der Waals surface area contributed by atoms with E-state index in [1.165, 1.54) is 32.4 Å². The van der Waals surface area contributed by atoms with Crippen molar-refractivity contribution in [2.45, 2.75) is 26.2 Å². The number of likely N-dealkylation sites (tertiary alicyclic amines) is 1. The second-order valence-electron chi connectivity index (χ2n) is 5.91. The minimum atomic E-state index is -0.0558. The lowest BCUT2D eigenvalue weighted by atomic mass is 10.1. The van der Waals surface area contributed by atoms with Gasteiger partial charge in [0.2, 0.25) is 0 Å². The predicted octanol–water partition coefficient (Wildman–Crippen LogP) is 2.88. The van der Waals surface area contributed by atoms with Crippen LogP contribution in [-0.2, 0) is 0 Å². The van der Waals surface area contributed by atoms with Crippen LogP contribution in [0.15, 0.2) is 22.7 Å². The zero-order chi connectivity index (χ0) is 15.2. The van der Waals surface area contributed by atoms with Crippen molar-refractivity contribution in [3.63, 3.8) is 0 Å². The van der Waals surface area contributed by atoms with E-state index in [-0.39, 0.29) is 5.91 Å². The highest BCUT2D eigenvalue weighted by molar-refractivity contribution is 9.10. The Morgan fingerprint density at radius 1 is 1.38 bits per heavy atom. The Balaban J connectivity index is 1.78. The lowest BCUT2D eigenvalue weighted by Gasteiger charge is -2.29. The third-order valence-corrected chi connectivity index (χ3v) is 4.61. The molecule has 1 saturated heterocycles. The summed E-state index contributed by atoms with van der Waals surface area (Å²) in [4.78, 5) is 14.6. The predicted molar refractivity (Wildman–Crippen MR) is 90.3 cm³/mol. The van der Waals surface area contributed by atoms with Crippen molar-refractivity contribution in [1.82, 2.24) is 10.2 Å². The third kappa shape index (κ3) is 5.00. The fraction of sp³-hybridized carbons (Fsp3) is 0.562. The first-order valence-corrected chi connectivity index (χ1v) is 8.41. The zero-order valence-corrected chi connectivity index (χ0v) is 14.2. The van der Waals surface area contributed by atoms with Gasteiger partial charge in [0.1, 0.15) is 0 Å². The molecule has 116 valence electrons. The molecule has 0 spiro atoms. The van der Waals surface area contributed by atoms with Crippen LogP contribution in [0.3, 0.4) is 0 Å². The number of halogens is 1. The maximum atomic E-state index is 12.1. The number of benzene rings is 1. The number of rotatable bonds is 5. The molecule has 0 aromatic heterocycles. The fourth-order valence-electron chi connectivity index (χ4n) is 2.70. The summed E-state index contributed by atoms with van der Waals surface area (Å²) in [7, 11) is 0. The first kappa shape index (κ1) is 16.3. The molecule has 1 fully saturated rings. The number of carbonyl (C=O) groups excluding carboxylic acids is 1. The van der Waals surface area contributed by atoms with E-state index in [0.29, 0.717) is 23.7 Å². The van der Waals surface area contributed by atoms with Gasteiger partial charge in [-0.05, 0) is 66.0 Å². The standard InChI is InChI=1S/C16H24BrN3O/c1-12(11-20-7-3-2-4-8-20)10-19-16(21)13-5-6-14(17)15(18)9-13/h5-6,9,12H,2-4,7-8,10-11,18H2,1H3,(H,19,21). The van der Waals surface area contributed by atoms with Gasteiger partial charge in [0.25, 0.3) is 5.91 Å².